The number of nitrogens with zero attached hydrogens (tertiary/aromatic N) is 5. The molecule has 0 aliphatic carbocycles. The van der Waals surface area contributed by atoms with Crippen LogP contribution in [0.1, 0.15) is 44.1 Å². The minimum Gasteiger partial charge on any atom is -0.307 e. The predicted octanol–water partition coefficient (Wildman–Crippen LogP) is 6.89. The van der Waals surface area contributed by atoms with Gasteiger partial charge in [0.1, 0.15) is 11.6 Å². The zero-order valence-corrected chi connectivity index (χ0v) is 24.6. The van der Waals surface area contributed by atoms with E-state index in [4.69, 9.17) is 5.10 Å². The standard InChI is InChI=1S/C34H33N7O2/c1-22-12-13-24(21-36-22)41-31(20-29(39-41)34(2,3)4)38-33(43)37-28-15-14-25(26-9-5-6-10-27(26)28)23-16-18-40(32(42)19-23)30-11-7-8-17-35-30/h5-15,17,19-21H,16,18H2,1-4H3,(H2,37,38,43). The lowest BCUT2D eigenvalue weighted by Crippen LogP contribution is -2.34. The van der Waals surface area contributed by atoms with Crippen molar-refractivity contribution in [3.05, 3.63) is 108 Å². The van der Waals surface area contributed by atoms with Crippen molar-refractivity contribution < 1.29 is 9.59 Å². The van der Waals surface area contributed by atoms with Crippen LogP contribution in [-0.4, -0.2) is 38.2 Å². The molecule has 0 bridgehead atoms. The number of benzene rings is 2. The van der Waals surface area contributed by atoms with Gasteiger partial charge in [0.25, 0.3) is 5.91 Å². The Morgan fingerprint density at radius 1 is 0.907 bits per heavy atom. The number of nitrogens with one attached hydrogen (secondary N) is 2. The normalized spacial score (nSPS) is 13.6. The van der Waals surface area contributed by atoms with Gasteiger partial charge in [0.2, 0.25) is 0 Å². The monoisotopic (exact) mass is 571 g/mol. The number of urea groups is 1. The number of anilines is 3. The van der Waals surface area contributed by atoms with Crippen molar-refractivity contribution in [1.82, 2.24) is 19.7 Å². The van der Waals surface area contributed by atoms with Gasteiger partial charge in [0, 0.05) is 41.4 Å². The number of pyridine rings is 2. The molecule has 2 N–H and O–H groups in total. The molecule has 4 heterocycles. The molecule has 0 saturated heterocycles. The highest BCUT2D eigenvalue weighted by atomic mass is 16.2. The molecule has 0 saturated carbocycles. The van der Waals surface area contributed by atoms with Crippen LogP contribution in [0, 0.1) is 6.92 Å². The fraction of sp³-hybridized carbons (Fsp3) is 0.206. The molecule has 5 aromatic rings. The van der Waals surface area contributed by atoms with Crippen molar-refractivity contribution >= 4 is 45.6 Å². The average molecular weight is 572 g/mol. The first-order valence-corrected chi connectivity index (χ1v) is 14.2. The molecule has 0 radical (unpaired) electrons. The van der Waals surface area contributed by atoms with E-state index >= 15 is 0 Å². The van der Waals surface area contributed by atoms with Crippen molar-refractivity contribution in [2.75, 3.05) is 22.1 Å². The lowest BCUT2D eigenvalue weighted by Gasteiger charge is -2.26. The molecule has 43 heavy (non-hydrogen) atoms. The van der Waals surface area contributed by atoms with Gasteiger partial charge >= 0.3 is 6.03 Å². The molecule has 0 fully saturated rings. The highest BCUT2D eigenvalue weighted by molar-refractivity contribution is 6.12. The molecule has 0 spiro atoms. The van der Waals surface area contributed by atoms with Gasteiger partial charge in [0.15, 0.2) is 0 Å². The lowest BCUT2D eigenvalue weighted by atomic mass is 9.92. The molecule has 9 nitrogen and oxygen atoms in total. The number of carbonyl (C=O) groups excluding carboxylic acids is 2. The summed E-state index contributed by atoms with van der Waals surface area (Å²) in [5.41, 5.74) is 4.86. The number of hydrogen-bond donors (Lipinski definition) is 2. The second-order valence-electron chi connectivity index (χ2n) is 11.6. The number of aryl methyl sites for hydroxylation is 1. The Bertz CT molecular complexity index is 1850. The van der Waals surface area contributed by atoms with Crippen molar-refractivity contribution in [3.8, 4) is 5.69 Å². The molecule has 1 aliphatic rings. The fourth-order valence-corrected chi connectivity index (χ4v) is 5.17. The van der Waals surface area contributed by atoms with Crippen LogP contribution in [0.5, 0.6) is 0 Å². The highest BCUT2D eigenvalue weighted by Gasteiger charge is 2.24. The summed E-state index contributed by atoms with van der Waals surface area (Å²) in [5.74, 6) is 1.09. The third-order valence-corrected chi connectivity index (χ3v) is 7.47. The summed E-state index contributed by atoms with van der Waals surface area (Å²) in [4.78, 5) is 36.8. The Hall–Kier alpha value is -5.31. The van der Waals surface area contributed by atoms with Gasteiger partial charge in [0.05, 0.1) is 23.3 Å². The van der Waals surface area contributed by atoms with E-state index in [0.29, 0.717) is 30.3 Å². The molecule has 0 atom stereocenters. The van der Waals surface area contributed by atoms with Gasteiger partial charge in [-0.3, -0.25) is 20.0 Å². The fourth-order valence-electron chi connectivity index (χ4n) is 5.17. The minimum atomic E-state index is -0.391. The Labute approximate surface area is 250 Å². The zero-order valence-electron chi connectivity index (χ0n) is 24.6. The summed E-state index contributed by atoms with van der Waals surface area (Å²) in [7, 11) is 0. The topological polar surface area (TPSA) is 105 Å². The van der Waals surface area contributed by atoms with Crippen LogP contribution in [0.4, 0.5) is 22.1 Å². The smallest absolute Gasteiger partial charge is 0.307 e. The summed E-state index contributed by atoms with van der Waals surface area (Å²) in [5, 5.41) is 12.6. The number of amides is 3. The molecular formula is C34H33N7O2. The molecule has 1 aliphatic heterocycles. The highest BCUT2D eigenvalue weighted by Crippen LogP contribution is 2.34. The van der Waals surface area contributed by atoms with Gasteiger partial charge in [-0.05, 0) is 60.2 Å². The number of carbonyl (C=O) groups is 2. The second kappa shape index (κ2) is 11.2. The van der Waals surface area contributed by atoms with Crippen LogP contribution in [0.3, 0.4) is 0 Å². The van der Waals surface area contributed by atoms with Crippen LogP contribution in [0.15, 0.2) is 91.3 Å². The van der Waals surface area contributed by atoms with E-state index in [-0.39, 0.29) is 11.3 Å². The minimum absolute atomic E-state index is 0.0966. The molecule has 3 amide bonds. The second-order valence-corrected chi connectivity index (χ2v) is 11.6. The van der Waals surface area contributed by atoms with Gasteiger partial charge in [-0.2, -0.15) is 5.10 Å². The Kier molecular flexibility index (Phi) is 7.23. The quantitative estimate of drug-likeness (QED) is 0.239. The Morgan fingerprint density at radius 2 is 1.70 bits per heavy atom. The lowest BCUT2D eigenvalue weighted by molar-refractivity contribution is -0.114. The van der Waals surface area contributed by atoms with Gasteiger partial charge in [-0.1, -0.05) is 57.2 Å². The maximum Gasteiger partial charge on any atom is 0.324 e. The third-order valence-electron chi connectivity index (χ3n) is 7.47. The first kappa shape index (κ1) is 27.8. The summed E-state index contributed by atoms with van der Waals surface area (Å²) in [6.45, 7) is 8.70. The largest absolute Gasteiger partial charge is 0.324 e. The molecule has 2 aromatic carbocycles. The van der Waals surface area contributed by atoms with Gasteiger partial charge in [-0.15, -0.1) is 0 Å². The molecular weight excluding hydrogens is 538 g/mol. The first-order chi connectivity index (χ1) is 20.7. The maximum atomic E-state index is 13.4. The third kappa shape index (κ3) is 5.74. The van der Waals surface area contributed by atoms with Crippen LogP contribution in [-0.2, 0) is 10.2 Å². The summed E-state index contributed by atoms with van der Waals surface area (Å²) in [6, 6.07) is 22.6. The molecule has 6 rings (SSSR count). The summed E-state index contributed by atoms with van der Waals surface area (Å²) < 4.78 is 1.70. The van der Waals surface area contributed by atoms with Crippen LogP contribution in [0.2, 0.25) is 0 Å². The van der Waals surface area contributed by atoms with E-state index in [1.165, 1.54) is 0 Å². The predicted molar refractivity (Wildman–Crippen MR) is 171 cm³/mol. The number of rotatable bonds is 5. The van der Waals surface area contributed by atoms with Crippen molar-refractivity contribution in [1.29, 1.82) is 0 Å². The first-order valence-electron chi connectivity index (χ1n) is 14.2. The Balaban J connectivity index is 1.27. The van der Waals surface area contributed by atoms with Gasteiger partial charge < -0.3 is 5.32 Å². The van der Waals surface area contributed by atoms with Crippen molar-refractivity contribution in [2.45, 2.75) is 39.5 Å². The molecule has 3 aromatic heterocycles. The Morgan fingerprint density at radius 3 is 2.40 bits per heavy atom. The van der Waals surface area contributed by atoms with E-state index in [9.17, 15) is 9.59 Å². The van der Waals surface area contributed by atoms with Crippen LogP contribution < -0.4 is 15.5 Å². The van der Waals surface area contributed by atoms with Gasteiger partial charge in [-0.25, -0.2) is 14.5 Å². The average Bonchev–Trinajstić information content (AvgIpc) is 3.42. The van der Waals surface area contributed by atoms with E-state index in [0.717, 1.165) is 39.0 Å². The molecule has 216 valence electrons. The summed E-state index contributed by atoms with van der Waals surface area (Å²) >= 11 is 0. The SMILES string of the molecule is Cc1ccc(-n2nc(C(C)(C)C)cc2NC(=O)Nc2ccc(C3=CC(=O)N(c4ccccn4)CC3)c3ccccc23)cn1. The van der Waals surface area contributed by atoms with E-state index in [1.54, 1.807) is 28.1 Å². The number of fused-ring (bicyclic) bond motifs is 1. The van der Waals surface area contributed by atoms with Crippen LogP contribution in [0.25, 0.3) is 22.0 Å². The molecule has 0 unspecified atom stereocenters. The van der Waals surface area contributed by atoms with E-state index in [1.807, 2.05) is 79.7 Å². The number of aromatic nitrogens is 4. The summed E-state index contributed by atoms with van der Waals surface area (Å²) in [6.07, 6.45) is 5.81. The molecule has 9 heteroatoms. The van der Waals surface area contributed by atoms with Crippen molar-refractivity contribution in [3.63, 3.8) is 0 Å². The maximum absolute atomic E-state index is 13.4. The van der Waals surface area contributed by atoms with Crippen LogP contribution >= 0.6 is 0 Å². The van der Waals surface area contributed by atoms with Crippen molar-refractivity contribution in [2.24, 2.45) is 0 Å². The zero-order chi connectivity index (χ0) is 30.1. The number of hydrogen-bond acceptors (Lipinski definition) is 5. The van der Waals surface area contributed by atoms with E-state index < -0.39 is 6.03 Å². The van der Waals surface area contributed by atoms with E-state index in [2.05, 4.69) is 41.4 Å².